The van der Waals surface area contributed by atoms with Crippen molar-refractivity contribution in [1.82, 2.24) is 0 Å². The van der Waals surface area contributed by atoms with E-state index in [1.165, 1.54) is 0 Å². The third-order valence-corrected chi connectivity index (χ3v) is 11.3. The maximum atomic E-state index is 8.65. The Hall–Kier alpha value is -0.140. The molecular weight excluding hydrogens is 265 g/mol. The van der Waals surface area contributed by atoms with Crippen LogP contribution in [0.3, 0.4) is 0 Å². The average Bonchev–Trinajstić information content (AvgIpc) is 2.66. The molecule has 0 aromatic heterocycles. The predicted molar refractivity (Wildman–Crippen MR) is 71.0 cm³/mol. The summed E-state index contributed by atoms with van der Waals surface area (Å²) in [7, 11) is 0. The Balaban J connectivity index is 2.11. The Kier molecular flexibility index (Phi) is 3.63. The summed E-state index contributed by atoms with van der Waals surface area (Å²) in [6.07, 6.45) is 0. The number of rotatable bonds is 2. The monoisotopic (exact) mass is 273 g/mol. The Labute approximate surface area is 102 Å². The van der Waals surface area contributed by atoms with Crippen LogP contribution in [0.5, 0.6) is 5.75 Å². The summed E-state index contributed by atoms with van der Waals surface area (Å²) < 4.78 is 4.07. The number of hydrogen-bond acceptors (Lipinski definition) is 5. The fourth-order valence-electron chi connectivity index (χ4n) is 1.11. The molecule has 2 rings (SSSR count). The molecule has 1 aliphatic rings. The molecule has 0 unspecified atom stereocenters. The molecule has 0 saturated carbocycles. The number of hydrogen-bond donors (Lipinski definition) is 0. The van der Waals surface area contributed by atoms with Gasteiger partial charge in [-0.25, -0.2) is 0 Å². The highest BCUT2D eigenvalue weighted by molar-refractivity contribution is 9.00. The van der Waals surface area contributed by atoms with Crippen molar-refractivity contribution in [3.63, 3.8) is 0 Å². The van der Waals surface area contributed by atoms with E-state index in [9.17, 15) is 0 Å². The minimum absolute atomic E-state index is 0.644. The summed E-state index contributed by atoms with van der Waals surface area (Å²) in [4.78, 5) is 0. The van der Waals surface area contributed by atoms with Gasteiger partial charge < -0.3 is 4.52 Å². The first-order valence-electron chi connectivity index (χ1n) is 4.31. The van der Waals surface area contributed by atoms with Gasteiger partial charge in [0.15, 0.2) is 0 Å². The SMILES string of the molecule is N#Cc1ccc(OP2(=S)SCCS2)cc1. The van der Waals surface area contributed by atoms with E-state index >= 15 is 0 Å². The predicted octanol–water partition coefficient (Wildman–Crippen LogP) is 3.64. The molecule has 0 bridgehead atoms. The van der Waals surface area contributed by atoms with Gasteiger partial charge in [0.25, 0.3) is 0 Å². The Morgan fingerprint density at radius 3 is 2.40 bits per heavy atom. The van der Waals surface area contributed by atoms with Crippen molar-refractivity contribution >= 4 is 39.2 Å². The van der Waals surface area contributed by atoms with Gasteiger partial charge in [-0.3, -0.25) is 0 Å². The molecular formula is C9H8NOPS3. The molecule has 0 N–H and O–H groups in total. The topological polar surface area (TPSA) is 33.0 Å². The van der Waals surface area contributed by atoms with Crippen LogP contribution in [0.4, 0.5) is 0 Å². The van der Waals surface area contributed by atoms with Gasteiger partial charge in [0, 0.05) is 11.5 Å². The summed E-state index contributed by atoms with van der Waals surface area (Å²) in [5.74, 6) is 2.94. The molecule has 2 nitrogen and oxygen atoms in total. The second-order valence-corrected chi connectivity index (χ2v) is 13.5. The lowest BCUT2D eigenvalue weighted by Crippen LogP contribution is -1.83. The molecule has 0 atom stereocenters. The summed E-state index contributed by atoms with van der Waals surface area (Å²) in [6, 6.07) is 9.20. The van der Waals surface area contributed by atoms with Gasteiger partial charge in [-0.05, 0) is 36.1 Å². The van der Waals surface area contributed by atoms with Gasteiger partial charge >= 0.3 is 0 Å². The minimum Gasteiger partial charge on any atom is -0.448 e. The Morgan fingerprint density at radius 2 is 1.87 bits per heavy atom. The van der Waals surface area contributed by atoms with Crippen LogP contribution < -0.4 is 4.52 Å². The van der Waals surface area contributed by atoms with Crippen LogP contribution in [0.2, 0.25) is 0 Å². The molecule has 78 valence electrons. The van der Waals surface area contributed by atoms with Crippen LogP contribution in [0.25, 0.3) is 0 Å². The van der Waals surface area contributed by atoms with Crippen molar-refractivity contribution in [3.05, 3.63) is 29.8 Å². The zero-order valence-corrected chi connectivity index (χ0v) is 11.1. The number of nitrogens with zero attached hydrogens (tertiary/aromatic N) is 1. The maximum absolute atomic E-state index is 8.65. The average molecular weight is 273 g/mol. The van der Waals surface area contributed by atoms with E-state index in [-0.39, 0.29) is 0 Å². The molecule has 1 fully saturated rings. The second-order valence-electron chi connectivity index (χ2n) is 2.84. The summed E-state index contributed by atoms with van der Waals surface area (Å²) in [5, 5.41) is 8.65. The van der Waals surface area contributed by atoms with E-state index in [2.05, 4.69) is 6.07 Å². The summed E-state index contributed by atoms with van der Waals surface area (Å²) >= 11 is 8.96. The normalized spacial score (nSPS) is 18.3. The Morgan fingerprint density at radius 1 is 1.27 bits per heavy atom. The van der Waals surface area contributed by atoms with E-state index in [1.807, 2.05) is 12.1 Å². The van der Waals surface area contributed by atoms with E-state index in [0.29, 0.717) is 5.56 Å². The molecule has 1 heterocycles. The Bertz CT molecular complexity index is 430. The van der Waals surface area contributed by atoms with E-state index in [0.717, 1.165) is 17.3 Å². The van der Waals surface area contributed by atoms with Crippen LogP contribution in [0, 0.1) is 11.3 Å². The first-order valence-corrected chi connectivity index (χ1v) is 10.2. The smallest absolute Gasteiger partial charge is 0.222 e. The van der Waals surface area contributed by atoms with Gasteiger partial charge in [0.05, 0.1) is 11.6 Å². The lowest BCUT2D eigenvalue weighted by Gasteiger charge is -2.14. The quantitative estimate of drug-likeness (QED) is 0.768. The summed E-state index contributed by atoms with van der Waals surface area (Å²) in [5.41, 5.74) is 0.644. The van der Waals surface area contributed by atoms with Crippen LogP contribution in [-0.4, -0.2) is 11.5 Å². The largest absolute Gasteiger partial charge is 0.448 e. The highest BCUT2D eigenvalue weighted by Gasteiger charge is 2.26. The lowest BCUT2D eigenvalue weighted by molar-refractivity contribution is 0.638. The van der Waals surface area contributed by atoms with Crippen molar-refractivity contribution in [3.8, 4) is 11.8 Å². The van der Waals surface area contributed by atoms with Crippen LogP contribution in [0.1, 0.15) is 5.56 Å². The maximum Gasteiger partial charge on any atom is 0.222 e. The number of benzene rings is 1. The van der Waals surface area contributed by atoms with E-state index in [1.54, 1.807) is 34.9 Å². The van der Waals surface area contributed by atoms with Crippen molar-refractivity contribution in [2.24, 2.45) is 0 Å². The molecule has 1 saturated heterocycles. The van der Waals surface area contributed by atoms with Gasteiger partial charge in [-0.2, -0.15) is 5.26 Å². The lowest BCUT2D eigenvalue weighted by atomic mass is 10.2. The van der Waals surface area contributed by atoms with Gasteiger partial charge in [-0.1, -0.05) is 22.8 Å². The van der Waals surface area contributed by atoms with E-state index in [4.69, 9.17) is 21.6 Å². The van der Waals surface area contributed by atoms with Gasteiger partial charge in [0.2, 0.25) is 4.67 Å². The minimum atomic E-state index is -1.73. The third kappa shape index (κ3) is 2.92. The van der Waals surface area contributed by atoms with Gasteiger partial charge in [0.1, 0.15) is 5.75 Å². The standard InChI is InChI=1S/C9H8NOPS3/c10-7-8-1-3-9(4-2-8)11-12(13)14-5-6-15-12/h1-4H,5-6H2. The first-order chi connectivity index (χ1) is 7.22. The van der Waals surface area contributed by atoms with Crippen LogP contribution >= 0.6 is 27.4 Å². The second kappa shape index (κ2) is 4.80. The van der Waals surface area contributed by atoms with Crippen LogP contribution in [-0.2, 0) is 11.8 Å². The zero-order chi connectivity index (χ0) is 10.7. The van der Waals surface area contributed by atoms with Crippen molar-refractivity contribution in [2.75, 3.05) is 11.5 Å². The number of nitriles is 1. The van der Waals surface area contributed by atoms with Crippen LogP contribution in [0.15, 0.2) is 24.3 Å². The van der Waals surface area contributed by atoms with Gasteiger partial charge in [-0.15, -0.1) is 0 Å². The third-order valence-electron chi connectivity index (χ3n) is 1.78. The molecule has 0 amide bonds. The molecule has 0 aliphatic carbocycles. The fraction of sp³-hybridized carbons (Fsp3) is 0.222. The molecule has 1 aromatic carbocycles. The van der Waals surface area contributed by atoms with Crippen molar-refractivity contribution in [2.45, 2.75) is 0 Å². The molecule has 0 radical (unpaired) electrons. The molecule has 0 spiro atoms. The highest BCUT2D eigenvalue weighted by Crippen LogP contribution is 2.73. The molecule has 1 aliphatic heterocycles. The zero-order valence-electron chi connectivity index (χ0n) is 7.75. The molecule has 6 heteroatoms. The summed E-state index contributed by atoms with van der Waals surface area (Å²) in [6.45, 7) is 0. The fourth-order valence-corrected chi connectivity index (χ4v) is 10.1. The highest BCUT2D eigenvalue weighted by atomic mass is 33.2. The van der Waals surface area contributed by atoms with Crippen molar-refractivity contribution < 1.29 is 4.52 Å². The van der Waals surface area contributed by atoms with E-state index < -0.39 is 4.67 Å². The molecule has 1 aromatic rings. The first kappa shape index (κ1) is 11.3. The van der Waals surface area contributed by atoms with Crippen molar-refractivity contribution in [1.29, 1.82) is 5.26 Å². The molecule has 15 heavy (non-hydrogen) atoms.